The summed E-state index contributed by atoms with van der Waals surface area (Å²) >= 11 is 0. The van der Waals surface area contributed by atoms with Gasteiger partial charge in [-0.25, -0.2) is 8.42 Å². The zero-order valence-corrected chi connectivity index (χ0v) is 18.7. The molecule has 1 unspecified atom stereocenters. The Morgan fingerprint density at radius 1 is 1.19 bits per heavy atom. The van der Waals surface area contributed by atoms with Gasteiger partial charge in [0.2, 0.25) is 15.9 Å². The van der Waals surface area contributed by atoms with E-state index in [0.29, 0.717) is 42.9 Å². The van der Waals surface area contributed by atoms with Crippen molar-refractivity contribution in [2.45, 2.75) is 31.1 Å². The van der Waals surface area contributed by atoms with Crippen LogP contribution in [0, 0.1) is 12.8 Å². The Balaban J connectivity index is 1.39. The van der Waals surface area contributed by atoms with Gasteiger partial charge in [0.05, 0.1) is 16.5 Å². The van der Waals surface area contributed by atoms with Gasteiger partial charge in [0.25, 0.3) is 5.91 Å². The quantitative estimate of drug-likeness (QED) is 0.766. The van der Waals surface area contributed by atoms with Crippen LogP contribution in [0.25, 0.3) is 0 Å². The first-order valence-electron chi connectivity index (χ1n) is 10.8. The number of ether oxygens (including phenoxy) is 1. The number of hydrogen-bond acceptors (Lipinski definition) is 5. The Bertz CT molecular complexity index is 1210. The number of sulfonamides is 1. The van der Waals surface area contributed by atoms with Crippen LogP contribution in [0.2, 0.25) is 0 Å². The number of rotatable bonds is 3. The maximum absolute atomic E-state index is 13.5. The van der Waals surface area contributed by atoms with Crippen LogP contribution >= 0.6 is 0 Å². The van der Waals surface area contributed by atoms with Gasteiger partial charge in [-0.15, -0.1) is 0 Å². The molecule has 0 aromatic heterocycles. The Hall–Kier alpha value is -2.91. The van der Waals surface area contributed by atoms with E-state index < -0.39 is 10.0 Å². The van der Waals surface area contributed by atoms with Gasteiger partial charge in [0.15, 0.2) is 6.61 Å². The minimum Gasteiger partial charge on any atom is -0.482 e. The molecule has 0 aliphatic carbocycles. The first kappa shape index (κ1) is 21.0. The zero-order valence-electron chi connectivity index (χ0n) is 17.8. The van der Waals surface area contributed by atoms with Crippen LogP contribution in [0.4, 0.5) is 11.4 Å². The first-order chi connectivity index (χ1) is 15.3. The molecule has 1 fully saturated rings. The van der Waals surface area contributed by atoms with Crippen molar-refractivity contribution in [3.63, 3.8) is 0 Å². The highest BCUT2D eigenvalue weighted by Crippen LogP contribution is 2.36. The lowest BCUT2D eigenvalue weighted by Crippen LogP contribution is -2.46. The molecule has 1 atom stereocenters. The fourth-order valence-electron chi connectivity index (χ4n) is 4.78. The van der Waals surface area contributed by atoms with Crippen LogP contribution in [0.1, 0.15) is 24.0 Å². The highest BCUT2D eigenvalue weighted by Gasteiger charge is 2.38. The number of benzene rings is 2. The van der Waals surface area contributed by atoms with Gasteiger partial charge in [-0.2, -0.15) is 4.31 Å². The number of nitrogens with zero attached hydrogens (tertiary/aromatic N) is 2. The maximum Gasteiger partial charge on any atom is 0.262 e. The van der Waals surface area contributed by atoms with Crippen molar-refractivity contribution in [2.75, 3.05) is 36.5 Å². The average Bonchev–Trinajstić information content (AvgIpc) is 3.22. The Kier molecular flexibility index (Phi) is 5.17. The van der Waals surface area contributed by atoms with Crippen molar-refractivity contribution in [3.8, 4) is 5.75 Å². The fourth-order valence-corrected chi connectivity index (χ4v) is 6.53. The minimum atomic E-state index is -3.82. The van der Waals surface area contributed by atoms with Crippen LogP contribution < -0.4 is 15.0 Å². The molecular formula is C23H25N3O5S. The monoisotopic (exact) mass is 455 g/mol. The normalized spacial score (nSPS) is 20.8. The second-order valence-electron chi connectivity index (χ2n) is 8.52. The van der Waals surface area contributed by atoms with Crippen molar-refractivity contribution < 1.29 is 22.7 Å². The van der Waals surface area contributed by atoms with Crippen LogP contribution in [0.15, 0.2) is 41.3 Å². The van der Waals surface area contributed by atoms with Crippen molar-refractivity contribution in [1.29, 1.82) is 0 Å². The van der Waals surface area contributed by atoms with Gasteiger partial charge in [-0.3, -0.25) is 9.59 Å². The third kappa shape index (κ3) is 3.55. The Morgan fingerprint density at radius 3 is 2.84 bits per heavy atom. The number of carbonyl (C=O) groups is 2. The molecule has 0 spiro atoms. The highest BCUT2D eigenvalue weighted by molar-refractivity contribution is 7.89. The number of para-hydroxylation sites is 1. The number of nitrogens with one attached hydrogen (secondary N) is 1. The molecule has 2 aromatic carbocycles. The van der Waals surface area contributed by atoms with Crippen molar-refractivity contribution in [1.82, 2.24) is 4.31 Å². The number of piperidine rings is 1. The predicted molar refractivity (Wildman–Crippen MR) is 119 cm³/mol. The topological polar surface area (TPSA) is 96.0 Å². The summed E-state index contributed by atoms with van der Waals surface area (Å²) in [6.07, 6.45) is 2.12. The summed E-state index contributed by atoms with van der Waals surface area (Å²) in [4.78, 5) is 26.8. The van der Waals surface area contributed by atoms with Gasteiger partial charge in [-0.1, -0.05) is 18.2 Å². The number of fused-ring (bicyclic) bond motifs is 2. The van der Waals surface area contributed by atoms with Gasteiger partial charge >= 0.3 is 0 Å². The second-order valence-corrected chi connectivity index (χ2v) is 10.4. The largest absolute Gasteiger partial charge is 0.482 e. The molecule has 3 aliphatic heterocycles. The molecule has 8 nitrogen and oxygen atoms in total. The standard InChI is InChI=1S/C23H25N3O5S/c1-15-11-18-20(31-14-22(27)24-18)12-21(15)32(29,30)25-9-4-6-17(13-25)23(28)26-10-8-16-5-2-3-7-19(16)26/h2-3,5,7,11-12,17H,4,6,8-10,13-14H2,1H3,(H,24,27). The van der Waals surface area contributed by atoms with E-state index in [-0.39, 0.29) is 35.8 Å². The van der Waals surface area contributed by atoms with Crippen LogP contribution in [-0.2, 0) is 26.0 Å². The molecule has 3 aliphatic rings. The van der Waals surface area contributed by atoms with E-state index in [1.807, 2.05) is 24.3 Å². The van der Waals surface area contributed by atoms with E-state index in [0.717, 1.165) is 17.7 Å². The smallest absolute Gasteiger partial charge is 0.262 e. The highest BCUT2D eigenvalue weighted by atomic mass is 32.2. The number of anilines is 2. The number of hydrogen-bond donors (Lipinski definition) is 1. The molecule has 168 valence electrons. The first-order valence-corrected chi connectivity index (χ1v) is 12.3. The molecule has 0 saturated carbocycles. The van der Waals surface area contributed by atoms with Crippen molar-refractivity contribution in [3.05, 3.63) is 47.5 Å². The molecule has 2 aromatic rings. The third-order valence-electron chi connectivity index (χ3n) is 6.41. The lowest BCUT2D eigenvalue weighted by Gasteiger charge is -2.34. The molecule has 1 saturated heterocycles. The summed E-state index contributed by atoms with van der Waals surface area (Å²) in [5, 5.41) is 2.70. The van der Waals surface area contributed by atoms with E-state index >= 15 is 0 Å². The molecule has 9 heteroatoms. The van der Waals surface area contributed by atoms with Gasteiger partial charge in [-0.05, 0) is 49.4 Å². The van der Waals surface area contributed by atoms with Gasteiger partial charge < -0.3 is 15.0 Å². The van der Waals surface area contributed by atoms with Crippen LogP contribution in [0.3, 0.4) is 0 Å². The lowest BCUT2D eigenvalue weighted by molar-refractivity contribution is -0.123. The zero-order chi connectivity index (χ0) is 22.5. The molecule has 2 amide bonds. The van der Waals surface area contributed by atoms with E-state index in [4.69, 9.17) is 4.74 Å². The van der Waals surface area contributed by atoms with E-state index in [1.54, 1.807) is 17.9 Å². The molecule has 0 bridgehead atoms. The lowest BCUT2D eigenvalue weighted by atomic mass is 9.98. The summed E-state index contributed by atoms with van der Waals surface area (Å²) in [7, 11) is -3.82. The summed E-state index contributed by atoms with van der Waals surface area (Å²) in [5.41, 5.74) is 3.08. The van der Waals surface area contributed by atoms with Crippen molar-refractivity contribution in [2.24, 2.45) is 5.92 Å². The molecule has 32 heavy (non-hydrogen) atoms. The molecule has 0 radical (unpaired) electrons. The summed E-state index contributed by atoms with van der Waals surface area (Å²) < 4.78 is 33.8. The summed E-state index contributed by atoms with van der Waals surface area (Å²) in [6, 6.07) is 11.0. The van der Waals surface area contributed by atoms with E-state index in [9.17, 15) is 18.0 Å². The summed E-state index contributed by atoms with van der Waals surface area (Å²) in [5.74, 6) is -0.318. The summed E-state index contributed by atoms with van der Waals surface area (Å²) in [6.45, 7) is 2.72. The fraction of sp³-hybridized carbons (Fsp3) is 0.391. The van der Waals surface area contributed by atoms with Crippen LogP contribution in [-0.4, -0.2) is 50.8 Å². The molecular weight excluding hydrogens is 430 g/mol. The number of amides is 2. The Labute approximate surface area is 187 Å². The maximum atomic E-state index is 13.5. The van der Waals surface area contributed by atoms with Gasteiger partial charge in [0, 0.05) is 31.4 Å². The Morgan fingerprint density at radius 2 is 2.00 bits per heavy atom. The van der Waals surface area contributed by atoms with E-state index in [2.05, 4.69) is 5.32 Å². The SMILES string of the molecule is Cc1cc2c(cc1S(=O)(=O)N1CCCC(C(=O)N3CCc4ccccc43)C1)OCC(=O)N2. The molecule has 5 rings (SSSR count). The second kappa shape index (κ2) is 7.90. The van der Waals surface area contributed by atoms with E-state index in [1.165, 1.54) is 10.4 Å². The number of aryl methyl sites for hydroxylation is 1. The third-order valence-corrected chi connectivity index (χ3v) is 8.42. The predicted octanol–water partition coefficient (Wildman–Crippen LogP) is 2.32. The number of carbonyl (C=O) groups excluding carboxylic acids is 2. The molecule has 3 heterocycles. The van der Waals surface area contributed by atoms with Crippen LogP contribution in [0.5, 0.6) is 5.75 Å². The van der Waals surface area contributed by atoms with Crippen molar-refractivity contribution >= 4 is 33.2 Å². The van der Waals surface area contributed by atoms with Gasteiger partial charge in [0.1, 0.15) is 5.75 Å². The average molecular weight is 456 g/mol. The molecule has 1 N–H and O–H groups in total. The minimum absolute atomic E-state index is 0.0111.